The van der Waals surface area contributed by atoms with E-state index in [0.717, 1.165) is 16.6 Å². The van der Waals surface area contributed by atoms with E-state index in [2.05, 4.69) is 35.1 Å². The third kappa shape index (κ3) is 5.43. The van der Waals surface area contributed by atoms with Crippen molar-refractivity contribution >= 4 is 27.5 Å². The Bertz CT molecular complexity index is 436. The Morgan fingerprint density at radius 2 is 2.16 bits per heavy atom. The van der Waals surface area contributed by atoms with Crippen LogP contribution in [0, 0.1) is 0 Å². The van der Waals surface area contributed by atoms with E-state index in [0.29, 0.717) is 24.1 Å². The van der Waals surface area contributed by atoms with Crippen LogP contribution in [0.4, 0.5) is 0 Å². The van der Waals surface area contributed by atoms with Crippen LogP contribution in [0.5, 0.6) is 11.5 Å². The molecule has 0 radical (unpaired) electrons. The van der Waals surface area contributed by atoms with Crippen molar-refractivity contribution in [1.82, 2.24) is 5.32 Å². The number of ether oxygens (including phenoxy) is 2. The number of benzene rings is 1. The molecule has 1 aromatic carbocycles. The summed E-state index contributed by atoms with van der Waals surface area (Å²) < 4.78 is 11.9. The number of rotatable bonds is 7. The third-order valence-electron chi connectivity index (χ3n) is 2.42. The molecule has 0 aliphatic rings. The van der Waals surface area contributed by atoms with Crippen LogP contribution in [0.1, 0.15) is 19.4 Å². The lowest BCUT2D eigenvalue weighted by molar-refractivity contribution is 0.324. The molecule has 0 fully saturated rings. The molecule has 3 nitrogen and oxygen atoms in total. The first-order chi connectivity index (χ1) is 9.08. The Morgan fingerprint density at radius 1 is 1.42 bits per heavy atom. The largest absolute Gasteiger partial charge is 0.493 e. The minimum Gasteiger partial charge on any atom is -0.493 e. The monoisotopic (exact) mass is 347 g/mol. The Hall–Kier alpha value is -0.710. The van der Waals surface area contributed by atoms with Crippen LogP contribution >= 0.6 is 27.5 Å². The highest BCUT2D eigenvalue weighted by atomic mass is 79.9. The van der Waals surface area contributed by atoms with Gasteiger partial charge in [0.15, 0.2) is 11.5 Å². The molecule has 106 valence electrons. The van der Waals surface area contributed by atoms with Crippen LogP contribution in [0.15, 0.2) is 28.2 Å². The molecule has 0 saturated heterocycles. The zero-order chi connectivity index (χ0) is 14.3. The summed E-state index contributed by atoms with van der Waals surface area (Å²) in [5.74, 6) is 1.39. The van der Waals surface area contributed by atoms with E-state index in [4.69, 9.17) is 21.1 Å². The van der Waals surface area contributed by atoms with E-state index in [1.165, 1.54) is 5.54 Å². The van der Waals surface area contributed by atoms with Gasteiger partial charge in [-0.1, -0.05) is 25.4 Å². The van der Waals surface area contributed by atoms with E-state index in [-0.39, 0.29) is 0 Å². The fraction of sp³-hybridized carbons (Fsp3) is 0.429. The van der Waals surface area contributed by atoms with Crippen LogP contribution < -0.4 is 14.8 Å². The Morgan fingerprint density at radius 3 is 2.74 bits per heavy atom. The average molecular weight is 349 g/mol. The lowest BCUT2D eigenvalue weighted by Gasteiger charge is -2.14. The molecule has 0 unspecified atom stereocenters. The predicted molar refractivity (Wildman–Crippen MR) is 83.2 cm³/mol. The van der Waals surface area contributed by atoms with Crippen LogP contribution in [0.3, 0.4) is 0 Å². The van der Waals surface area contributed by atoms with Gasteiger partial charge in [0.05, 0.1) is 11.6 Å². The van der Waals surface area contributed by atoms with Crippen LogP contribution in [-0.4, -0.2) is 19.8 Å². The number of nitrogens with one attached hydrogen (secondary N) is 1. The summed E-state index contributed by atoms with van der Waals surface area (Å²) >= 11 is 8.97. The zero-order valence-corrected chi connectivity index (χ0v) is 13.7. The van der Waals surface area contributed by atoms with E-state index in [1.807, 2.05) is 12.1 Å². The van der Waals surface area contributed by atoms with Gasteiger partial charge in [-0.05, 0) is 39.7 Å². The summed E-state index contributed by atoms with van der Waals surface area (Å²) in [7, 11) is 1.63. The topological polar surface area (TPSA) is 30.5 Å². The second kappa shape index (κ2) is 8.46. The highest BCUT2D eigenvalue weighted by Gasteiger charge is 2.11. The molecule has 19 heavy (non-hydrogen) atoms. The second-order valence-electron chi connectivity index (χ2n) is 4.32. The lowest BCUT2D eigenvalue weighted by atomic mass is 10.2. The molecule has 1 aromatic rings. The summed E-state index contributed by atoms with van der Waals surface area (Å²) in [6.07, 6.45) is 1.72. The van der Waals surface area contributed by atoms with Crippen molar-refractivity contribution in [3.05, 3.63) is 33.8 Å². The van der Waals surface area contributed by atoms with E-state index >= 15 is 0 Å². The summed E-state index contributed by atoms with van der Waals surface area (Å²) in [5.41, 5.74) is 2.57. The highest BCUT2D eigenvalue weighted by molar-refractivity contribution is 9.10. The van der Waals surface area contributed by atoms with Gasteiger partial charge in [0.25, 0.3) is 0 Å². The molecule has 0 aromatic heterocycles. The number of hydrogen-bond acceptors (Lipinski definition) is 3. The summed E-state index contributed by atoms with van der Waals surface area (Å²) in [6, 6.07) is 4.44. The van der Waals surface area contributed by atoms with Crippen molar-refractivity contribution in [2.45, 2.75) is 26.4 Å². The SMILES string of the molecule is COc1cc(CNC(C)C)cc(Br)c1OC/C=C/Cl. The molecule has 0 atom stereocenters. The summed E-state index contributed by atoms with van der Waals surface area (Å²) in [6.45, 7) is 5.42. The fourth-order valence-electron chi connectivity index (χ4n) is 1.51. The van der Waals surface area contributed by atoms with Gasteiger partial charge in [0, 0.05) is 18.1 Å². The number of methoxy groups -OCH3 is 1. The smallest absolute Gasteiger partial charge is 0.175 e. The summed E-state index contributed by atoms with van der Waals surface area (Å²) in [4.78, 5) is 0. The molecule has 0 bridgehead atoms. The molecular formula is C14H19BrClNO2. The van der Waals surface area contributed by atoms with Gasteiger partial charge in [-0.25, -0.2) is 0 Å². The molecule has 5 heteroatoms. The van der Waals surface area contributed by atoms with Crippen molar-refractivity contribution in [1.29, 1.82) is 0 Å². The maximum absolute atomic E-state index is 5.62. The van der Waals surface area contributed by atoms with E-state index in [9.17, 15) is 0 Å². The van der Waals surface area contributed by atoms with Crippen LogP contribution in [-0.2, 0) is 6.54 Å². The Balaban J connectivity index is 2.87. The molecule has 0 aliphatic carbocycles. The molecule has 0 aliphatic heterocycles. The van der Waals surface area contributed by atoms with Gasteiger partial charge in [-0.3, -0.25) is 0 Å². The molecule has 0 spiro atoms. The first-order valence-electron chi connectivity index (χ1n) is 6.06. The molecule has 1 rings (SSSR count). The minimum absolute atomic E-state index is 0.405. The minimum atomic E-state index is 0.405. The Kier molecular flexibility index (Phi) is 7.28. The normalized spacial score (nSPS) is 11.3. The van der Waals surface area contributed by atoms with Crippen molar-refractivity contribution in [2.24, 2.45) is 0 Å². The van der Waals surface area contributed by atoms with Crippen molar-refractivity contribution in [3.8, 4) is 11.5 Å². The van der Waals surface area contributed by atoms with Crippen molar-refractivity contribution in [2.75, 3.05) is 13.7 Å². The lowest BCUT2D eigenvalue weighted by Crippen LogP contribution is -2.21. The van der Waals surface area contributed by atoms with Crippen LogP contribution in [0.2, 0.25) is 0 Å². The first-order valence-corrected chi connectivity index (χ1v) is 7.29. The van der Waals surface area contributed by atoms with Crippen LogP contribution in [0.25, 0.3) is 0 Å². The predicted octanol–water partition coefficient (Wildman–Crippen LogP) is 4.09. The highest BCUT2D eigenvalue weighted by Crippen LogP contribution is 2.36. The number of hydrogen-bond donors (Lipinski definition) is 1. The van der Waals surface area contributed by atoms with Gasteiger partial charge in [-0.15, -0.1) is 0 Å². The third-order valence-corrected chi connectivity index (χ3v) is 3.18. The maximum Gasteiger partial charge on any atom is 0.175 e. The maximum atomic E-state index is 5.62. The van der Waals surface area contributed by atoms with E-state index in [1.54, 1.807) is 13.2 Å². The second-order valence-corrected chi connectivity index (χ2v) is 5.42. The van der Waals surface area contributed by atoms with Gasteiger partial charge in [0.1, 0.15) is 6.61 Å². The number of halogens is 2. The van der Waals surface area contributed by atoms with Crippen molar-refractivity contribution < 1.29 is 9.47 Å². The van der Waals surface area contributed by atoms with Gasteiger partial charge >= 0.3 is 0 Å². The average Bonchev–Trinajstić information content (AvgIpc) is 2.38. The fourth-order valence-corrected chi connectivity index (χ4v) is 2.18. The molecule has 1 N–H and O–H groups in total. The zero-order valence-electron chi connectivity index (χ0n) is 11.4. The van der Waals surface area contributed by atoms with Gasteiger partial charge in [0.2, 0.25) is 0 Å². The summed E-state index contributed by atoms with van der Waals surface area (Å²) in [5, 5.41) is 3.37. The molecule has 0 amide bonds. The van der Waals surface area contributed by atoms with Gasteiger partial charge in [-0.2, -0.15) is 0 Å². The quantitative estimate of drug-likeness (QED) is 0.805. The van der Waals surface area contributed by atoms with Gasteiger partial charge < -0.3 is 14.8 Å². The molecular weight excluding hydrogens is 330 g/mol. The standard InChI is InChI=1S/C14H19BrClNO2/c1-10(2)17-9-11-7-12(15)14(13(8-11)18-3)19-6-4-5-16/h4-5,7-8,10,17H,6,9H2,1-3H3/b5-4+. The molecule has 0 heterocycles. The van der Waals surface area contributed by atoms with Crippen molar-refractivity contribution in [3.63, 3.8) is 0 Å². The molecule has 0 saturated carbocycles. The Labute approximate surface area is 128 Å². The van der Waals surface area contributed by atoms with E-state index < -0.39 is 0 Å². The first kappa shape index (κ1) is 16.3.